The molecule has 3 N–H and O–H groups in total. The number of pyridine rings is 1. The fourth-order valence-electron chi connectivity index (χ4n) is 1.59. The van der Waals surface area contributed by atoms with Gasteiger partial charge in [-0.1, -0.05) is 29.8 Å². The van der Waals surface area contributed by atoms with Crippen molar-refractivity contribution in [3.63, 3.8) is 0 Å². The number of halogens is 1. The maximum Gasteiger partial charge on any atom is 0.245 e. The Hall–Kier alpha value is -1.72. The highest BCUT2D eigenvalue weighted by atomic mass is 79.9. The Bertz CT molecular complexity index is 566. The van der Waals surface area contributed by atoms with Crippen LogP contribution in [0, 0.1) is 6.92 Å². The zero-order chi connectivity index (χ0) is 13.8. The zero-order valence-corrected chi connectivity index (χ0v) is 12.0. The summed E-state index contributed by atoms with van der Waals surface area (Å²) in [7, 11) is 0. The van der Waals surface area contributed by atoms with Gasteiger partial charge in [0.15, 0.2) is 0 Å². The second-order valence-corrected chi connectivity index (χ2v) is 5.06. The van der Waals surface area contributed by atoms with E-state index >= 15 is 0 Å². The summed E-state index contributed by atoms with van der Waals surface area (Å²) in [5.41, 5.74) is 8.46. The molecule has 0 aliphatic heterocycles. The van der Waals surface area contributed by atoms with Gasteiger partial charge in [-0.25, -0.2) is 4.98 Å². The van der Waals surface area contributed by atoms with Gasteiger partial charge in [-0.2, -0.15) is 0 Å². The lowest BCUT2D eigenvalue weighted by Gasteiger charge is -2.12. The molecule has 4 nitrogen and oxygen atoms in total. The number of aromatic nitrogens is 1. The van der Waals surface area contributed by atoms with Crippen molar-refractivity contribution in [2.45, 2.75) is 13.0 Å². The lowest BCUT2D eigenvalue weighted by atomic mass is 10.1. The van der Waals surface area contributed by atoms with Crippen LogP contribution in [0.15, 0.2) is 47.2 Å². The van der Waals surface area contributed by atoms with Crippen LogP contribution in [0.3, 0.4) is 0 Å². The molecule has 1 aromatic heterocycles. The average molecular weight is 320 g/mol. The largest absolute Gasteiger partial charge is 0.323 e. The molecule has 1 aromatic carbocycles. The standard InChI is InChI=1S/C14H14BrN3O/c1-9-2-4-10(5-3-9)13(16)14(19)18-11-6-7-12(15)17-8-11/h2-8,13H,16H2,1H3,(H,18,19). The van der Waals surface area contributed by atoms with Crippen molar-refractivity contribution >= 4 is 27.5 Å². The third kappa shape index (κ3) is 3.62. The van der Waals surface area contributed by atoms with Gasteiger partial charge in [0.1, 0.15) is 10.6 Å². The number of amides is 1. The van der Waals surface area contributed by atoms with E-state index in [1.165, 1.54) is 0 Å². The Morgan fingerprint density at radius 1 is 1.26 bits per heavy atom. The van der Waals surface area contributed by atoms with E-state index in [9.17, 15) is 4.79 Å². The minimum atomic E-state index is -0.691. The summed E-state index contributed by atoms with van der Waals surface area (Å²) in [6.45, 7) is 1.99. The molecule has 0 bridgehead atoms. The fraction of sp³-hybridized carbons (Fsp3) is 0.143. The highest BCUT2D eigenvalue weighted by Crippen LogP contribution is 2.15. The average Bonchev–Trinajstić information content (AvgIpc) is 2.41. The quantitative estimate of drug-likeness (QED) is 0.855. The fourth-order valence-corrected chi connectivity index (χ4v) is 1.83. The predicted molar refractivity (Wildman–Crippen MR) is 78.7 cm³/mol. The molecule has 0 saturated heterocycles. The minimum Gasteiger partial charge on any atom is -0.323 e. The highest BCUT2D eigenvalue weighted by Gasteiger charge is 2.15. The number of aryl methyl sites for hydroxylation is 1. The summed E-state index contributed by atoms with van der Waals surface area (Å²) in [6, 6.07) is 10.4. The molecule has 5 heteroatoms. The van der Waals surface area contributed by atoms with Crippen LogP contribution in [0.1, 0.15) is 17.2 Å². The van der Waals surface area contributed by atoms with Crippen LogP contribution in [0.2, 0.25) is 0 Å². The number of carbonyl (C=O) groups is 1. The van der Waals surface area contributed by atoms with E-state index in [4.69, 9.17) is 5.73 Å². The van der Waals surface area contributed by atoms with E-state index < -0.39 is 6.04 Å². The Balaban J connectivity index is 2.07. The van der Waals surface area contributed by atoms with Crippen molar-refractivity contribution in [1.82, 2.24) is 4.98 Å². The van der Waals surface area contributed by atoms with Gasteiger partial charge in [0.05, 0.1) is 11.9 Å². The van der Waals surface area contributed by atoms with Gasteiger partial charge in [0, 0.05) is 0 Å². The van der Waals surface area contributed by atoms with Crippen molar-refractivity contribution in [3.05, 3.63) is 58.3 Å². The first-order chi connectivity index (χ1) is 9.06. The molecule has 2 rings (SSSR count). The number of hydrogen-bond donors (Lipinski definition) is 2. The molecule has 1 heterocycles. The number of nitrogens with one attached hydrogen (secondary N) is 1. The first-order valence-corrected chi connectivity index (χ1v) is 6.60. The number of anilines is 1. The topological polar surface area (TPSA) is 68.0 Å². The lowest BCUT2D eigenvalue weighted by Crippen LogP contribution is -2.27. The number of nitrogens with zero attached hydrogens (tertiary/aromatic N) is 1. The van der Waals surface area contributed by atoms with Crippen LogP contribution in [0.5, 0.6) is 0 Å². The van der Waals surface area contributed by atoms with Crippen LogP contribution < -0.4 is 11.1 Å². The summed E-state index contributed by atoms with van der Waals surface area (Å²) >= 11 is 3.24. The number of rotatable bonds is 3. The number of benzene rings is 1. The molecule has 0 spiro atoms. The summed E-state index contributed by atoms with van der Waals surface area (Å²) in [5, 5.41) is 2.73. The van der Waals surface area contributed by atoms with Crippen molar-refractivity contribution < 1.29 is 4.79 Å². The van der Waals surface area contributed by atoms with Gasteiger partial charge in [0.25, 0.3) is 0 Å². The van der Waals surface area contributed by atoms with E-state index in [2.05, 4.69) is 26.2 Å². The Labute approximate surface area is 120 Å². The van der Waals surface area contributed by atoms with E-state index in [-0.39, 0.29) is 5.91 Å². The van der Waals surface area contributed by atoms with Gasteiger partial charge in [-0.05, 0) is 40.5 Å². The van der Waals surface area contributed by atoms with Crippen LogP contribution in [-0.2, 0) is 4.79 Å². The van der Waals surface area contributed by atoms with E-state index in [1.54, 1.807) is 18.3 Å². The van der Waals surface area contributed by atoms with Crippen molar-refractivity contribution in [1.29, 1.82) is 0 Å². The number of carbonyl (C=O) groups excluding carboxylic acids is 1. The van der Waals surface area contributed by atoms with Gasteiger partial charge in [-0.15, -0.1) is 0 Å². The summed E-state index contributed by atoms with van der Waals surface area (Å²) in [4.78, 5) is 16.0. The highest BCUT2D eigenvalue weighted by molar-refractivity contribution is 9.10. The molecular weight excluding hydrogens is 306 g/mol. The smallest absolute Gasteiger partial charge is 0.245 e. The van der Waals surface area contributed by atoms with Crippen molar-refractivity contribution in [3.8, 4) is 0 Å². The maximum absolute atomic E-state index is 12.0. The SMILES string of the molecule is Cc1ccc(C(N)C(=O)Nc2ccc(Br)nc2)cc1. The molecule has 0 aliphatic carbocycles. The minimum absolute atomic E-state index is 0.257. The Morgan fingerprint density at radius 3 is 2.53 bits per heavy atom. The van der Waals surface area contributed by atoms with Gasteiger partial charge in [-0.3, -0.25) is 4.79 Å². The van der Waals surface area contributed by atoms with Crippen LogP contribution >= 0.6 is 15.9 Å². The van der Waals surface area contributed by atoms with Crippen molar-refractivity contribution in [2.75, 3.05) is 5.32 Å². The summed E-state index contributed by atoms with van der Waals surface area (Å²) in [5.74, 6) is -0.257. The molecular formula is C14H14BrN3O. The monoisotopic (exact) mass is 319 g/mol. The number of hydrogen-bond acceptors (Lipinski definition) is 3. The number of nitrogens with two attached hydrogens (primary N) is 1. The van der Waals surface area contributed by atoms with Gasteiger partial charge >= 0.3 is 0 Å². The molecule has 98 valence electrons. The van der Waals surface area contributed by atoms with Crippen LogP contribution in [0.25, 0.3) is 0 Å². The molecule has 1 atom stereocenters. The second-order valence-electron chi connectivity index (χ2n) is 4.25. The summed E-state index contributed by atoms with van der Waals surface area (Å²) < 4.78 is 0.716. The molecule has 0 aliphatic rings. The molecule has 1 unspecified atom stereocenters. The van der Waals surface area contributed by atoms with Crippen LogP contribution in [-0.4, -0.2) is 10.9 Å². The van der Waals surface area contributed by atoms with Gasteiger partial charge in [0.2, 0.25) is 5.91 Å². The first kappa shape index (κ1) is 13.7. The van der Waals surface area contributed by atoms with E-state index in [1.807, 2.05) is 31.2 Å². The van der Waals surface area contributed by atoms with Gasteiger partial charge < -0.3 is 11.1 Å². The molecule has 19 heavy (non-hydrogen) atoms. The molecule has 1 amide bonds. The van der Waals surface area contributed by atoms with E-state index in [0.29, 0.717) is 10.3 Å². The Kier molecular flexibility index (Phi) is 4.29. The zero-order valence-electron chi connectivity index (χ0n) is 10.4. The normalized spacial score (nSPS) is 11.9. The van der Waals surface area contributed by atoms with Crippen LogP contribution in [0.4, 0.5) is 5.69 Å². The third-order valence-corrected chi connectivity index (χ3v) is 3.18. The molecule has 0 fully saturated rings. The Morgan fingerprint density at radius 2 is 1.95 bits per heavy atom. The second kappa shape index (κ2) is 5.95. The first-order valence-electron chi connectivity index (χ1n) is 5.81. The third-order valence-electron chi connectivity index (χ3n) is 2.71. The molecule has 0 saturated carbocycles. The predicted octanol–water partition coefficient (Wildman–Crippen LogP) is 2.79. The lowest BCUT2D eigenvalue weighted by molar-refractivity contribution is -0.117. The molecule has 2 aromatic rings. The van der Waals surface area contributed by atoms with E-state index in [0.717, 1.165) is 11.1 Å². The summed E-state index contributed by atoms with van der Waals surface area (Å²) in [6.07, 6.45) is 1.57. The molecule has 0 radical (unpaired) electrons. The maximum atomic E-state index is 12.0. The van der Waals surface area contributed by atoms with Crippen molar-refractivity contribution in [2.24, 2.45) is 5.73 Å².